The number of amides is 1. The first-order valence-corrected chi connectivity index (χ1v) is 9.37. The molecule has 27 heavy (non-hydrogen) atoms. The van der Waals surface area contributed by atoms with Gasteiger partial charge >= 0.3 is 0 Å². The first kappa shape index (κ1) is 20.4. The molecule has 0 spiro atoms. The van der Waals surface area contributed by atoms with E-state index < -0.39 is 5.91 Å². The lowest BCUT2D eigenvalue weighted by Gasteiger charge is -2.05. The van der Waals surface area contributed by atoms with Crippen molar-refractivity contribution in [2.24, 2.45) is 10.2 Å². The second-order valence-electron chi connectivity index (χ2n) is 6.43. The predicted molar refractivity (Wildman–Crippen MR) is 109 cm³/mol. The molecule has 2 aromatic rings. The summed E-state index contributed by atoms with van der Waals surface area (Å²) in [5.41, 5.74) is 2.42. The van der Waals surface area contributed by atoms with E-state index in [0.29, 0.717) is 11.4 Å². The molecule has 0 aliphatic rings. The maximum Gasteiger partial charge on any atom is 0.279 e. The summed E-state index contributed by atoms with van der Waals surface area (Å²) in [6, 6.07) is 16.8. The highest BCUT2D eigenvalue weighted by molar-refractivity contribution is 6.03. The molecular weight excluding hydrogens is 338 g/mol. The average molecular weight is 365 g/mol. The molecule has 0 aliphatic heterocycles. The van der Waals surface area contributed by atoms with E-state index in [1.807, 2.05) is 42.5 Å². The van der Waals surface area contributed by atoms with Crippen LogP contribution in [0.4, 0.5) is 11.4 Å². The van der Waals surface area contributed by atoms with E-state index >= 15 is 0 Å². The standard InChI is InChI=1S/C22H27N3O2/c1-3-4-5-7-10-18-13-15-20(16-14-18)24-25-21(17(2)26)22(27)23-19-11-8-6-9-12-19/h6,8-9,11-16,26H,3-5,7,10H2,1-2H3,(H,23,27)/b21-17-,25-24?. The summed E-state index contributed by atoms with van der Waals surface area (Å²) >= 11 is 0. The number of aryl methyl sites for hydroxylation is 1. The molecule has 5 nitrogen and oxygen atoms in total. The number of hydrogen-bond acceptors (Lipinski definition) is 4. The Balaban J connectivity index is 1.98. The van der Waals surface area contributed by atoms with E-state index in [1.54, 1.807) is 12.1 Å². The lowest BCUT2D eigenvalue weighted by atomic mass is 10.1. The summed E-state index contributed by atoms with van der Waals surface area (Å²) < 4.78 is 0. The van der Waals surface area contributed by atoms with Gasteiger partial charge in [0.15, 0.2) is 5.70 Å². The van der Waals surface area contributed by atoms with Crippen LogP contribution in [0.3, 0.4) is 0 Å². The van der Waals surface area contributed by atoms with Gasteiger partial charge in [0, 0.05) is 5.69 Å². The van der Waals surface area contributed by atoms with Crippen LogP contribution in [0.15, 0.2) is 76.3 Å². The van der Waals surface area contributed by atoms with Crippen LogP contribution >= 0.6 is 0 Å². The molecule has 2 rings (SSSR count). The Kier molecular flexibility index (Phi) is 8.23. The van der Waals surface area contributed by atoms with Gasteiger partial charge in [-0.05, 0) is 49.6 Å². The Morgan fingerprint density at radius 3 is 2.33 bits per heavy atom. The number of nitrogens with one attached hydrogen (secondary N) is 1. The number of hydrogen-bond donors (Lipinski definition) is 2. The third kappa shape index (κ3) is 7.05. The highest BCUT2D eigenvalue weighted by atomic mass is 16.3. The van der Waals surface area contributed by atoms with Gasteiger partial charge in [0.2, 0.25) is 0 Å². The first-order chi connectivity index (χ1) is 13.1. The Morgan fingerprint density at radius 2 is 1.70 bits per heavy atom. The van der Waals surface area contributed by atoms with E-state index in [0.717, 1.165) is 6.42 Å². The van der Waals surface area contributed by atoms with Gasteiger partial charge in [0.05, 0.1) is 5.69 Å². The van der Waals surface area contributed by atoms with E-state index in [1.165, 1.54) is 38.2 Å². The van der Waals surface area contributed by atoms with Gasteiger partial charge in [-0.3, -0.25) is 4.79 Å². The molecule has 0 saturated carbocycles. The number of para-hydroxylation sites is 1. The van der Waals surface area contributed by atoms with Crippen LogP contribution in [0.2, 0.25) is 0 Å². The third-order valence-electron chi connectivity index (χ3n) is 4.11. The summed E-state index contributed by atoms with van der Waals surface area (Å²) in [5.74, 6) is -0.683. The number of anilines is 1. The molecule has 0 radical (unpaired) electrons. The van der Waals surface area contributed by atoms with E-state index in [9.17, 15) is 9.90 Å². The summed E-state index contributed by atoms with van der Waals surface area (Å²) in [4.78, 5) is 12.3. The summed E-state index contributed by atoms with van der Waals surface area (Å²) in [5, 5.41) is 20.5. The largest absolute Gasteiger partial charge is 0.510 e. The highest BCUT2D eigenvalue weighted by Gasteiger charge is 2.13. The van der Waals surface area contributed by atoms with Gasteiger partial charge in [-0.15, -0.1) is 5.11 Å². The topological polar surface area (TPSA) is 74.0 Å². The maximum absolute atomic E-state index is 12.3. The van der Waals surface area contributed by atoms with E-state index in [4.69, 9.17) is 0 Å². The SMILES string of the molecule is CCCCCCc1ccc(N=N/C(C(=O)Nc2ccccc2)=C(/C)O)cc1. The minimum Gasteiger partial charge on any atom is -0.510 e. The smallest absolute Gasteiger partial charge is 0.279 e. The number of azo groups is 1. The number of unbranched alkanes of at least 4 members (excludes halogenated alkanes) is 3. The van der Waals surface area contributed by atoms with E-state index in [-0.39, 0.29) is 11.5 Å². The number of aliphatic hydroxyl groups excluding tert-OH is 1. The van der Waals surface area contributed by atoms with Crippen LogP contribution in [-0.2, 0) is 11.2 Å². The molecular formula is C22H27N3O2. The molecule has 0 aliphatic carbocycles. The molecule has 2 aromatic carbocycles. The zero-order valence-electron chi connectivity index (χ0n) is 16.0. The van der Waals surface area contributed by atoms with E-state index in [2.05, 4.69) is 22.5 Å². The van der Waals surface area contributed by atoms with Gasteiger partial charge in [0.25, 0.3) is 5.91 Å². The predicted octanol–water partition coefficient (Wildman–Crippen LogP) is 6.32. The maximum atomic E-state index is 12.3. The van der Waals surface area contributed by atoms with Gasteiger partial charge < -0.3 is 10.4 Å². The highest BCUT2D eigenvalue weighted by Crippen LogP contribution is 2.18. The van der Waals surface area contributed by atoms with Crippen molar-refractivity contribution in [1.29, 1.82) is 0 Å². The van der Waals surface area contributed by atoms with Crippen molar-refractivity contribution >= 4 is 17.3 Å². The van der Waals surface area contributed by atoms with Crippen LogP contribution in [0.5, 0.6) is 0 Å². The Morgan fingerprint density at radius 1 is 1.00 bits per heavy atom. The zero-order chi connectivity index (χ0) is 19.5. The fourth-order valence-electron chi connectivity index (χ4n) is 2.59. The zero-order valence-corrected chi connectivity index (χ0v) is 16.0. The molecule has 0 heterocycles. The normalized spacial score (nSPS) is 12.1. The van der Waals surface area contributed by atoms with Crippen molar-refractivity contribution in [3.05, 3.63) is 71.6 Å². The molecule has 2 N–H and O–H groups in total. The molecule has 0 bridgehead atoms. The number of rotatable bonds is 9. The molecule has 0 unspecified atom stereocenters. The van der Waals surface area contributed by atoms with Crippen LogP contribution < -0.4 is 5.32 Å². The number of carbonyl (C=O) groups is 1. The first-order valence-electron chi connectivity index (χ1n) is 9.37. The fraction of sp³-hybridized carbons (Fsp3) is 0.318. The minimum atomic E-state index is -0.502. The Bertz CT molecular complexity index is 777. The van der Waals surface area contributed by atoms with Crippen molar-refractivity contribution in [3.63, 3.8) is 0 Å². The van der Waals surface area contributed by atoms with Gasteiger partial charge in [-0.1, -0.05) is 56.5 Å². The van der Waals surface area contributed by atoms with Crippen LogP contribution in [-0.4, -0.2) is 11.0 Å². The Hall–Kier alpha value is -2.95. The fourth-order valence-corrected chi connectivity index (χ4v) is 2.59. The van der Waals surface area contributed by atoms with Gasteiger partial charge in [-0.2, -0.15) is 5.11 Å². The van der Waals surface area contributed by atoms with Crippen LogP contribution in [0.1, 0.15) is 45.1 Å². The molecule has 0 fully saturated rings. The van der Waals surface area contributed by atoms with Gasteiger partial charge in [-0.25, -0.2) is 0 Å². The lowest BCUT2D eigenvalue weighted by Crippen LogP contribution is -2.14. The quantitative estimate of drug-likeness (QED) is 0.236. The Labute approximate surface area is 160 Å². The van der Waals surface area contributed by atoms with Gasteiger partial charge in [0.1, 0.15) is 5.76 Å². The number of carbonyl (C=O) groups excluding carboxylic acids is 1. The number of nitrogens with zero attached hydrogens (tertiary/aromatic N) is 2. The van der Waals surface area contributed by atoms with Crippen LogP contribution in [0.25, 0.3) is 0 Å². The van der Waals surface area contributed by atoms with Crippen LogP contribution in [0, 0.1) is 0 Å². The third-order valence-corrected chi connectivity index (χ3v) is 4.11. The number of aliphatic hydroxyl groups is 1. The summed E-state index contributed by atoms with van der Waals surface area (Å²) in [7, 11) is 0. The molecule has 0 atom stereocenters. The van der Waals surface area contributed by atoms with Crippen molar-refractivity contribution < 1.29 is 9.90 Å². The minimum absolute atomic E-state index is 0.109. The monoisotopic (exact) mass is 365 g/mol. The second-order valence-corrected chi connectivity index (χ2v) is 6.43. The van der Waals surface area contributed by atoms with Crippen molar-refractivity contribution in [3.8, 4) is 0 Å². The lowest BCUT2D eigenvalue weighted by molar-refractivity contribution is -0.113. The average Bonchev–Trinajstić information content (AvgIpc) is 2.67. The molecule has 0 aromatic heterocycles. The summed E-state index contributed by atoms with van der Waals surface area (Å²) in [6.07, 6.45) is 5.99. The van der Waals surface area contributed by atoms with Crippen molar-refractivity contribution in [1.82, 2.24) is 0 Å². The second kappa shape index (κ2) is 10.9. The number of benzene rings is 2. The van der Waals surface area contributed by atoms with Crippen molar-refractivity contribution in [2.45, 2.75) is 46.0 Å². The molecule has 142 valence electrons. The molecule has 0 saturated heterocycles. The molecule has 5 heteroatoms. The number of allylic oxidation sites excluding steroid dienone is 1. The molecule has 1 amide bonds. The summed E-state index contributed by atoms with van der Waals surface area (Å²) in [6.45, 7) is 3.62. The van der Waals surface area contributed by atoms with Crippen molar-refractivity contribution in [2.75, 3.05) is 5.32 Å².